The summed E-state index contributed by atoms with van der Waals surface area (Å²) in [5.74, 6) is 1.22. The number of nitrogens with one attached hydrogen (secondary N) is 2. The van der Waals surface area contributed by atoms with Gasteiger partial charge in [-0.15, -0.1) is 0 Å². The third kappa shape index (κ3) is 4.73. The van der Waals surface area contributed by atoms with Crippen molar-refractivity contribution in [2.75, 3.05) is 23.8 Å². The average Bonchev–Trinajstić information content (AvgIpc) is 3.00. The number of hydrogen-bond acceptors (Lipinski definition) is 5. The van der Waals surface area contributed by atoms with Crippen molar-refractivity contribution in [3.05, 3.63) is 42.0 Å². The first-order valence-electron chi connectivity index (χ1n) is 9.22. The second kappa shape index (κ2) is 8.65. The topological polar surface area (TPSA) is 85.9 Å². The van der Waals surface area contributed by atoms with Crippen molar-refractivity contribution >= 4 is 23.2 Å². The van der Waals surface area contributed by atoms with E-state index in [4.69, 9.17) is 14.2 Å². The number of para-hydroxylation sites is 2. The Balaban J connectivity index is 1.69. The second-order valence-corrected chi connectivity index (χ2v) is 6.54. The van der Waals surface area contributed by atoms with Gasteiger partial charge in [-0.2, -0.15) is 0 Å². The van der Waals surface area contributed by atoms with Crippen LogP contribution in [0.25, 0.3) is 0 Å². The zero-order valence-electron chi connectivity index (χ0n) is 16.2. The van der Waals surface area contributed by atoms with Crippen LogP contribution < -0.4 is 24.8 Å². The monoisotopic (exact) mass is 384 g/mol. The molecule has 0 radical (unpaired) electrons. The predicted octanol–water partition coefficient (Wildman–Crippen LogP) is 3.38. The van der Waals surface area contributed by atoms with Gasteiger partial charge in [-0.05, 0) is 32.0 Å². The highest BCUT2D eigenvalue weighted by molar-refractivity contribution is 5.94. The lowest BCUT2D eigenvalue weighted by Crippen LogP contribution is -2.21. The molecule has 1 aliphatic heterocycles. The van der Waals surface area contributed by atoms with Gasteiger partial charge in [-0.1, -0.05) is 12.1 Å². The summed E-state index contributed by atoms with van der Waals surface area (Å²) < 4.78 is 17.0. The van der Waals surface area contributed by atoms with Crippen LogP contribution in [-0.2, 0) is 16.0 Å². The number of carbonyl (C=O) groups excluding carboxylic acids is 2. The van der Waals surface area contributed by atoms with Gasteiger partial charge in [-0.25, -0.2) is 0 Å². The predicted molar refractivity (Wildman–Crippen MR) is 106 cm³/mol. The van der Waals surface area contributed by atoms with E-state index in [1.807, 2.05) is 19.9 Å². The molecule has 0 unspecified atom stereocenters. The van der Waals surface area contributed by atoms with Gasteiger partial charge >= 0.3 is 0 Å². The van der Waals surface area contributed by atoms with Crippen LogP contribution in [0.1, 0.15) is 26.3 Å². The summed E-state index contributed by atoms with van der Waals surface area (Å²) in [7, 11) is 0. The fourth-order valence-corrected chi connectivity index (χ4v) is 3.03. The molecule has 0 aliphatic carbocycles. The fourth-order valence-electron chi connectivity index (χ4n) is 3.03. The molecule has 0 fully saturated rings. The van der Waals surface area contributed by atoms with Crippen molar-refractivity contribution in [1.82, 2.24) is 0 Å². The maximum atomic E-state index is 12.4. The molecule has 2 N–H and O–H groups in total. The summed E-state index contributed by atoms with van der Waals surface area (Å²) in [6.07, 6.45) is 0.913. The Morgan fingerprint density at radius 1 is 1.11 bits per heavy atom. The highest BCUT2D eigenvalue weighted by atomic mass is 16.5. The quantitative estimate of drug-likeness (QED) is 0.764. The largest absolute Gasteiger partial charge is 0.492 e. The first kappa shape index (κ1) is 19.5. The van der Waals surface area contributed by atoms with Gasteiger partial charge in [0.15, 0.2) is 6.61 Å². The van der Waals surface area contributed by atoms with Gasteiger partial charge < -0.3 is 24.8 Å². The van der Waals surface area contributed by atoms with Crippen molar-refractivity contribution in [2.45, 2.75) is 33.3 Å². The summed E-state index contributed by atoms with van der Waals surface area (Å²) in [5, 5.41) is 5.49. The number of hydrogen-bond donors (Lipinski definition) is 2. The molecule has 0 saturated heterocycles. The molecule has 2 aromatic carbocycles. The minimum atomic E-state index is -0.343. The Bertz CT molecular complexity index is 881. The molecule has 0 saturated carbocycles. The second-order valence-electron chi connectivity index (χ2n) is 6.54. The fraction of sp³-hybridized carbons (Fsp3) is 0.333. The molecule has 7 nitrogen and oxygen atoms in total. The van der Waals surface area contributed by atoms with Gasteiger partial charge in [0, 0.05) is 25.0 Å². The lowest BCUT2D eigenvalue weighted by molar-refractivity contribution is -0.118. The zero-order chi connectivity index (χ0) is 20.1. The normalized spacial score (nSPS) is 14.6. The minimum absolute atomic E-state index is 0.101. The van der Waals surface area contributed by atoms with Gasteiger partial charge in [0.25, 0.3) is 5.91 Å². The Morgan fingerprint density at radius 2 is 1.89 bits per heavy atom. The number of amides is 2. The van der Waals surface area contributed by atoms with Crippen LogP contribution in [0.15, 0.2) is 36.4 Å². The average molecular weight is 384 g/mol. The summed E-state index contributed by atoms with van der Waals surface area (Å²) in [6.45, 7) is 5.57. The molecular formula is C21H24N2O5. The van der Waals surface area contributed by atoms with E-state index >= 15 is 0 Å². The van der Waals surface area contributed by atoms with Gasteiger partial charge in [-0.3, -0.25) is 9.59 Å². The molecule has 1 atom stereocenters. The molecule has 0 spiro atoms. The van der Waals surface area contributed by atoms with E-state index in [0.717, 1.165) is 17.7 Å². The Hall–Kier alpha value is -3.22. The zero-order valence-corrected chi connectivity index (χ0v) is 16.2. The summed E-state index contributed by atoms with van der Waals surface area (Å²) in [6, 6.07) is 10.6. The lowest BCUT2D eigenvalue weighted by Gasteiger charge is -2.15. The van der Waals surface area contributed by atoms with Crippen LogP contribution in [0, 0.1) is 0 Å². The summed E-state index contributed by atoms with van der Waals surface area (Å²) in [4.78, 5) is 23.7. The van der Waals surface area contributed by atoms with E-state index in [-0.39, 0.29) is 24.5 Å². The van der Waals surface area contributed by atoms with Crippen molar-refractivity contribution in [2.24, 2.45) is 0 Å². The highest BCUT2D eigenvalue weighted by Gasteiger charge is 2.22. The van der Waals surface area contributed by atoms with Crippen LogP contribution in [-0.4, -0.2) is 31.1 Å². The van der Waals surface area contributed by atoms with Crippen LogP contribution in [0.4, 0.5) is 11.4 Å². The van der Waals surface area contributed by atoms with E-state index in [1.54, 1.807) is 30.3 Å². The summed E-state index contributed by atoms with van der Waals surface area (Å²) in [5.41, 5.74) is 2.12. The van der Waals surface area contributed by atoms with Crippen molar-refractivity contribution in [3.63, 3.8) is 0 Å². The van der Waals surface area contributed by atoms with E-state index < -0.39 is 0 Å². The van der Waals surface area contributed by atoms with Crippen LogP contribution in [0.2, 0.25) is 0 Å². The maximum Gasteiger partial charge on any atom is 0.262 e. The number of anilines is 2. The number of carbonyl (C=O) groups is 2. The summed E-state index contributed by atoms with van der Waals surface area (Å²) >= 11 is 0. The number of fused-ring (bicyclic) bond motifs is 1. The molecule has 3 rings (SSSR count). The number of benzene rings is 2. The maximum absolute atomic E-state index is 12.4. The van der Waals surface area contributed by atoms with Crippen LogP contribution in [0.5, 0.6) is 17.2 Å². The minimum Gasteiger partial charge on any atom is -0.492 e. The molecule has 2 aromatic rings. The van der Waals surface area contributed by atoms with Gasteiger partial charge in [0.05, 0.1) is 18.0 Å². The molecule has 0 bridgehead atoms. The molecular weight excluding hydrogens is 360 g/mol. The van der Waals surface area contributed by atoms with Gasteiger partial charge in [0.1, 0.15) is 23.4 Å². The molecule has 148 valence electrons. The molecule has 1 heterocycles. The van der Waals surface area contributed by atoms with E-state index in [9.17, 15) is 9.59 Å². The van der Waals surface area contributed by atoms with E-state index in [0.29, 0.717) is 29.5 Å². The Morgan fingerprint density at radius 3 is 2.64 bits per heavy atom. The molecule has 28 heavy (non-hydrogen) atoms. The van der Waals surface area contributed by atoms with Crippen LogP contribution >= 0.6 is 0 Å². The van der Waals surface area contributed by atoms with Crippen LogP contribution in [0.3, 0.4) is 0 Å². The standard InChI is InChI=1S/C21H24N2O5/c1-4-26-20-10-15-9-13(2)28-19(15)11-17(20)23-21(25)12-27-18-8-6-5-7-16(18)22-14(3)24/h5-8,10-11,13H,4,9,12H2,1-3H3,(H,22,24)(H,23,25)/t13-/m1/s1. The molecule has 0 aromatic heterocycles. The molecule has 2 amide bonds. The highest BCUT2D eigenvalue weighted by Crippen LogP contribution is 2.38. The SMILES string of the molecule is CCOc1cc2c(cc1NC(=O)COc1ccccc1NC(C)=O)O[C@H](C)C2. The van der Waals surface area contributed by atoms with E-state index in [1.165, 1.54) is 6.92 Å². The van der Waals surface area contributed by atoms with E-state index in [2.05, 4.69) is 10.6 Å². The number of ether oxygens (including phenoxy) is 3. The van der Waals surface area contributed by atoms with Crippen molar-refractivity contribution < 1.29 is 23.8 Å². The lowest BCUT2D eigenvalue weighted by atomic mass is 10.1. The first-order chi connectivity index (χ1) is 13.5. The molecule has 1 aliphatic rings. The van der Waals surface area contributed by atoms with Crippen molar-refractivity contribution in [1.29, 1.82) is 0 Å². The van der Waals surface area contributed by atoms with Gasteiger partial charge in [0.2, 0.25) is 5.91 Å². The van der Waals surface area contributed by atoms with Crippen molar-refractivity contribution in [3.8, 4) is 17.2 Å². The third-order valence-corrected chi connectivity index (χ3v) is 4.13. The molecule has 7 heteroatoms. The third-order valence-electron chi connectivity index (χ3n) is 4.13. The smallest absolute Gasteiger partial charge is 0.262 e. The Kier molecular flexibility index (Phi) is 6.03. The number of rotatable bonds is 7. The Labute approximate surface area is 164 Å². The first-order valence-corrected chi connectivity index (χ1v) is 9.22.